The summed E-state index contributed by atoms with van der Waals surface area (Å²) in [5.74, 6) is -0.814. The van der Waals surface area contributed by atoms with Crippen LogP contribution in [0, 0.1) is 0 Å². The number of phosphoric ester groups is 1. The normalized spacial score (nSPS) is 14.0. The van der Waals surface area contributed by atoms with Crippen molar-refractivity contribution in [1.29, 1.82) is 0 Å². The number of likely N-dealkylation sites (N-methyl/N-ethyl adjacent to an activating group) is 1. The summed E-state index contributed by atoms with van der Waals surface area (Å²) in [6.45, 7) is 4.28. The SMILES string of the molecule is CC/C=C\C/C=C\C/C=C\C/C=C\C/C=C\C/C=C\C/C=C\C/C=C\CCCCCCCCCCCCCCCCCCC(=O)OC(COC(=O)CCCCCCC/C=C\C/C=C\CCCCC)COP(=O)(O)OCC[N+](C)(C)C. The van der Waals surface area contributed by atoms with Crippen LogP contribution in [0.25, 0.3) is 0 Å². The molecule has 0 aromatic carbocycles. The average Bonchev–Trinajstić information content (AvgIpc) is 3.42. The lowest BCUT2D eigenvalue weighted by Crippen LogP contribution is -2.37. The molecule has 0 bridgehead atoms. The Balaban J connectivity index is 4.00. The molecule has 80 heavy (non-hydrogen) atoms. The minimum atomic E-state index is -4.39. The van der Waals surface area contributed by atoms with Crippen molar-refractivity contribution in [3.05, 3.63) is 122 Å². The molecule has 1 N–H and O–H groups in total. The molecule has 0 rings (SSSR count). The number of nitrogens with zero attached hydrogens (tertiary/aromatic N) is 1. The third-order valence-corrected chi connectivity index (χ3v) is 14.5. The molecule has 0 aromatic heterocycles. The maximum atomic E-state index is 12.8. The van der Waals surface area contributed by atoms with Gasteiger partial charge in [-0.15, -0.1) is 0 Å². The third kappa shape index (κ3) is 63.6. The highest BCUT2D eigenvalue weighted by Crippen LogP contribution is 2.43. The topological polar surface area (TPSA) is 108 Å². The standard InChI is InChI=1S/C70H120NO8P/c1-6-8-10-12-14-16-18-20-22-23-24-25-26-27-28-29-30-31-32-33-34-35-36-37-38-39-40-41-42-43-44-45-46-47-49-51-53-55-57-59-61-63-70(73)79-68(67-78-80(74,75)77-65-64-71(3,4)5)66-76-69(72)62-60-58-56-54-52-50-48-21-19-17-15-13-11-9-7-2/h8,10,14-17,20-22,24-25,27-28,30-31,33-34,36-37,48,68H,6-7,9,11-13,18-19,23,26,29,32,35,38-47,49-67H2,1-5H3/p+1/b10-8-,16-14-,17-15-,22-20-,25-24-,28-27-,31-30-,34-33-,37-36-,48-21-. The number of carbonyl (C=O) groups is 2. The van der Waals surface area contributed by atoms with Crippen LogP contribution in [0.4, 0.5) is 0 Å². The summed E-state index contributed by atoms with van der Waals surface area (Å²) >= 11 is 0. The van der Waals surface area contributed by atoms with E-state index in [-0.39, 0.29) is 32.0 Å². The van der Waals surface area contributed by atoms with Crippen molar-refractivity contribution in [2.75, 3.05) is 47.5 Å². The quantitative estimate of drug-likeness (QED) is 0.0211. The van der Waals surface area contributed by atoms with E-state index in [1.807, 2.05) is 21.1 Å². The minimum absolute atomic E-state index is 0.0257. The Hall–Kier alpha value is -3.59. The molecule has 0 amide bonds. The van der Waals surface area contributed by atoms with Crippen LogP contribution in [0.5, 0.6) is 0 Å². The fourth-order valence-corrected chi connectivity index (χ4v) is 9.27. The lowest BCUT2D eigenvalue weighted by atomic mass is 10.0. The number of quaternary nitrogens is 1. The number of carbonyl (C=O) groups excluding carboxylic acids is 2. The summed E-state index contributed by atoms with van der Waals surface area (Å²) in [6.07, 6.45) is 85.8. The molecule has 0 spiro atoms. The van der Waals surface area contributed by atoms with Gasteiger partial charge >= 0.3 is 19.8 Å². The molecule has 0 saturated carbocycles. The molecule has 0 saturated heterocycles. The zero-order chi connectivity index (χ0) is 58.4. The Bertz CT molecular complexity index is 1760. The average molecular weight is 1140 g/mol. The molecule has 2 unspecified atom stereocenters. The predicted molar refractivity (Wildman–Crippen MR) is 344 cm³/mol. The second kappa shape index (κ2) is 60.0. The van der Waals surface area contributed by atoms with Gasteiger partial charge in [0, 0.05) is 12.8 Å². The summed E-state index contributed by atoms with van der Waals surface area (Å²) < 4.78 is 34.6. The lowest BCUT2D eigenvalue weighted by molar-refractivity contribution is -0.870. The van der Waals surface area contributed by atoms with Crippen LogP contribution in [0.1, 0.15) is 258 Å². The van der Waals surface area contributed by atoms with Crippen LogP contribution < -0.4 is 0 Å². The third-order valence-electron chi connectivity index (χ3n) is 13.5. The van der Waals surface area contributed by atoms with E-state index in [2.05, 4.69) is 135 Å². The summed E-state index contributed by atoms with van der Waals surface area (Å²) in [5.41, 5.74) is 0. The van der Waals surface area contributed by atoms with Gasteiger partial charge in [0.25, 0.3) is 0 Å². The Kier molecular flexibility index (Phi) is 57.3. The Labute approximate surface area is 492 Å². The van der Waals surface area contributed by atoms with Crippen LogP contribution in [0.15, 0.2) is 122 Å². The van der Waals surface area contributed by atoms with E-state index in [4.69, 9.17) is 18.5 Å². The molecule has 0 aliphatic heterocycles. The maximum Gasteiger partial charge on any atom is 0.472 e. The van der Waals surface area contributed by atoms with Gasteiger partial charge in [-0.3, -0.25) is 18.6 Å². The van der Waals surface area contributed by atoms with Crippen molar-refractivity contribution in [3.63, 3.8) is 0 Å². The van der Waals surface area contributed by atoms with E-state index >= 15 is 0 Å². The maximum absolute atomic E-state index is 12.8. The van der Waals surface area contributed by atoms with Gasteiger partial charge in [-0.25, -0.2) is 4.57 Å². The number of allylic oxidation sites excluding steroid dienone is 20. The second-order valence-electron chi connectivity index (χ2n) is 22.4. The van der Waals surface area contributed by atoms with Crippen molar-refractivity contribution < 1.29 is 42.1 Å². The van der Waals surface area contributed by atoms with E-state index in [0.29, 0.717) is 17.4 Å². The van der Waals surface area contributed by atoms with Gasteiger partial charge in [-0.05, 0) is 109 Å². The number of unbranched alkanes of at least 4 members (excludes halogenated alkanes) is 24. The molecular weight excluding hydrogens is 1010 g/mol. The summed E-state index contributed by atoms with van der Waals surface area (Å²) in [5, 5.41) is 0. The van der Waals surface area contributed by atoms with Crippen LogP contribution in [-0.2, 0) is 32.7 Å². The Morgan fingerprint density at radius 1 is 0.400 bits per heavy atom. The molecule has 0 heterocycles. The Morgan fingerprint density at radius 3 is 1.06 bits per heavy atom. The van der Waals surface area contributed by atoms with Crippen molar-refractivity contribution in [2.45, 2.75) is 264 Å². The summed E-state index contributed by atoms with van der Waals surface area (Å²) in [6, 6.07) is 0. The zero-order valence-corrected chi connectivity index (χ0v) is 52.9. The molecule has 0 aliphatic carbocycles. The van der Waals surface area contributed by atoms with Gasteiger partial charge in [0.1, 0.15) is 19.8 Å². The second-order valence-corrected chi connectivity index (χ2v) is 23.9. The summed E-state index contributed by atoms with van der Waals surface area (Å²) in [4.78, 5) is 35.7. The first-order valence-corrected chi connectivity index (χ1v) is 33.8. The van der Waals surface area contributed by atoms with E-state index in [1.54, 1.807) is 0 Å². The van der Waals surface area contributed by atoms with Crippen LogP contribution in [0.3, 0.4) is 0 Å². The van der Waals surface area contributed by atoms with Gasteiger partial charge < -0.3 is 18.9 Å². The van der Waals surface area contributed by atoms with Crippen LogP contribution >= 0.6 is 7.82 Å². The van der Waals surface area contributed by atoms with Gasteiger partial charge in [-0.1, -0.05) is 257 Å². The van der Waals surface area contributed by atoms with Gasteiger partial charge in [-0.2, -0.15) is 0 Å². The minimum Gasteiger partial charge on any atom is -0.462 e. The molecule has 0 fully saturated rings. The number of hydrogen-bond donors (Lipinski definition) is 1. The molecule has 0 radical (unpaired) electrons. The highest BCUT2D eigenvalue weighted by atomic mass is 31.2. The highest BCUT2D eigenvalue weighted by Gasteiger charge is 2.27. The fraction of sp³-hybridized carbons (Fsp3) is 0.686. The zero-order valence-electron chi connectivity index (χ0n) is 52.0. The van der Waals surface area contributed by atoms with Gasteiger partial charge in [0.2, 0.25) is 0 Å². The number of phosphoric acid groups is 1. The molecule has 2 atom stereocenters. The number of ether oxygens (including phenoxy) is 2. The van der Waals surface area contributed by atoms with Crippen LogP contribution in [0.2, 0.25) is 0 Å². The van der Waals surface area contributed by atoms with Gasteiger partial charge in [0.05, 0.1) is 27.7 Å². The van der Waals surface area contributed by atoms with Crippen molar-refractivity contribution >= 4 is 19.8 Å². The number of hydrogen-bond acceptors (Lipinski definition) is 7. The fourth-order valence-electron chi connectivity index (χ4n) is 8.53. The van der Waals surface area contributed by atoms with E-state index < -0.39 is 26.5 Å². The molecule has 10 heteroatoms. The molecule has 0 aromatic rings. The highest BCUT2D eigenvalue weighted by molar-refractivity contribution is 7.47. The largest absolute Gasteiger partial charge is 0.472 e. The molecule has 9 nitrogen and oxygen atoms in total. The molecule has 458 valence electrons. The van der Waals surface area contributed by atoms with Gasteiger partial charge in [0.15, 0.2) is 6.10 Å². The Morgan fingerprint density at radius 2 is 0.713 bits per heavy atom. The van der Waals surface area contributed by atoms with Crippen molar-refractivity contribution in [3.8, 4) is 0 Å². The molecule has 0 aliphatic rings. The van der Waals surface area contributed by atoms with Crippen molar-refractivity contribution in [1.82, 2.24) is 0 Å². The first kappa shape index (κ1) is 76.4. The van der Waals surface area contributed by atoms with E-state index in [9.17, 15) is 19.0 Å². The first-order chi connectivity index (χ1) is 39.0. The first-order valence-electron chi connectivity index (χ1n) is 32.3. The van der Waals surface area contributed by atoms with E-state index in [1.165, 1.54) is 109 Å². The monoisotopic (exact) mass is 1130 g/mol. The lowest BCUT2D eigenvalue weighted by Gasteiger charge is -2.24. The molecular formula is C70H121NO8P+. The van der Waals surface area contributed by atoms with Crippen LogP contribution in [-0.4, -0.2) is 74.9 Å². The van der Waals surface area contributed by atoms with Crippen molar-refractivity contribution in [2.24, 2.45) is 0 Å². The smallest absolute Gasteiger partial charge is 0.462 e. The summed E-state index contributed by atoms with van der Waals surface area (Å²) in [7, 11) is 1.46. The predicted octanol–water partition coefficient (Wildman–Crippen LogP) is 20.7. The number of rotatable bonds is 58. The number of esters is 2. The van der Waals surface area contributed by atoms with E-state index in [0.717, 1.165) is 116 Å².